The van der Waals surface area contributed by atoms with Crippen molar-refractivity contribution >= 4 is 5.97 Å². The van der Waals surface area contributed by atoms with Gasteiger partial charge in [-0.15, -0.1) is 0 Å². The van der Waals surface area contributed by atoms with Crippen LogP contribution in [0.25, 0.3) is 0 Å². The van der Waals surface area contributed by atoms with Crippen molar-refractivity contribution < 1.29 is 9.90 Å². The van der Waals surface area contributed by atoms with Crippen LogP contribution in [0.4, 0.5) is 0 Å². The number of nitrogens with one attached hydrogen (secondary N) is 1. The minimum absolute atomic E-state index is 0.340. The summed E-state index contributed by atoms with van der Waals surface area (Å²) in [4.78, 5) is 10.7. The third-order valence-corrected chi connectivity index (χ3v) is 2.50. The highest BCUT2D eigenvalue weighted by Gasteiger charge is 2.21. The van der Waals surface area contributed by atoms with Crippen molar-refractivity contribution in [3.8, 4) is 0 Å². The molecule has 3 nitrogen and oxygen atoms in total. The molecule has 1 aliphatic carbocycles. The van der Waals surface area contributed by atoms with Crippen molar-refractivity contribution in [3.63, 3.8) is 0 Å². The second-order valence-corrected chi connectivity index (χ2v) is 3.45. The molecule has 0 aromatic heterocycles. The van der Waals surface area contributed by atoms with Gasteiger partial charge in [0.1, 0.15) is 6.04 Å². The second kappa shape index (κ2) is 4.45. The molecule has 70 valence electrons. The minimum atomic E-state index is -0.718. The Labute approximate surface area is 73.2 Å². The number of carboxylic acids is 1. The Kier molecular flexibility index (Phi) is 3.53. The van der Waals surface area contributed by atoms with E-state index in [9.17, 15) is 4.79 Å². The van der Waals surface area contributed by atoms with Gasteiger partial charge in [0.25, 0.3) is 0 Å². The minimum Gasteiger partial charge on any atom is -0.480 e. The molecule has 1 aliphatic rings. The zero-order valence-electron chi connectivity index (χ0n) is 7.55. The van der Waals surface area contributed by atoms with Crippen LogP contribution in [-0.4, -0.2) is 23.2 Å². The van der Waals surface area contributed by atoms with Gasteiger partial charge >= 0.3 is 5.97 Å². The number of rotatable bonds is 4. The first-order valence-corrected chi connectivity index (χ1v) is 4.73. The zero-order chi connectivity index (χ0) is 8.97. The molecule has 1 fully saturated rings. The zero-order valence-corrected chi connectivity index (χ0v) is 7.55. The Morgan fingerprint density at radius 2 is 2.17 bits per heavy atom. The van der Waals surface area contributed by atoms with Gasteiger partial charge in [0.2, 0.25) is 0 Å². The molecule has 1 rings (SSSR count). The molecule has 0 unspecified atom stereocenters. The molecular formula is C9H17NO2. The summed E-state index contributed by atoms with van der Waals surface area (Å²) in [5.74, 6) is -0.718. The van der Waals surface area contributed by atoms with Crippen LogP contribution >= 0.6 is 0 Å². The predicted octanol–water partition coefficient (Wildman–Crippen LogP) is 1.38. The predicted molar refractivity (Wildman–Crippen MR) is 47.1 cm³/mol. The average molecular weight is 171 g/mol. The smallest absolute Gasteiger partial charge is 0.320 e. The lowest BCUT2D eigenvalue weighted by Gasteiger charge is -2.17. The molecule has 1 atom stereocenters. The fourth-order valence-electron chi connectivity index (χ4n) is 1.74. The van der Waals surface area contributed by atoms with Gasteiger partial charge in [-0.25, -0.2) is 0 Å². The van der Waals surface area contributed by atoms with Crippen molar-refractivity contribution in [3.05, 3.63) is 0 Å². The van der Waals surface area contributed by atoms with E-state index in [0.717, 1.165) is 12.8 Å². The Morgan fingerprint density at radius 3 is 2.58 bits per heavy atom. The van der Waals surface area contributed by atoms with Crippen LogP contribution in [-0.2, 0) is 4.79 Å². The van der Waals surface area contributed by atoms with E-state index in [2.05, 4.69) is 5.32 Å². The van der Waals surface area contributed by atoms with Crippen molar-refractivity contribution in [1.82, 2.24) is 5.32 Å². The summed E-state index contributed by atoms with van der Waals surface area (Å²) in [6.45, 7) is 1.90. The number of carboxylic acid groups (broad SMARTS) is 1. The van der Waals surface area contributed by atoms with Gasteiger partial charge in [0, 0.05) is 6.04 Å². The maximum Gasteiger partial charge on any atom is 0.320 e. The summed E-state index contributed by atoms with van der Waals surface area (Å²) in [6.07, 6.45) is 5.45. The molecule has 0 aromatic carbocycles. The Morgan fingerprint density at radius 1 is 1.58 bits per heavy atom. The van der Waals surface area contributed by atoms with E-state index >= 15 is 0 Å². The highest BCUT2D eigenvalue weighted by atomic mass is 16.4. The monoisotopic (exact) mass is 171 g/mol. The third-order valence-electron chi connectivity index (χ3n) is 2.50. The molecule has 12 heavy (non-hydrogen) atoms. The molecule has 0 saturated heterocycles. The van der Waals surface area contributed by atoms with Gasteiger partial charge in [-0.05, 0) is 19.3 Å². The van der Waals surface area contributed by atoms with E-state index in [-0.39, 0.29) is 6.04 Å². The second-order valence-electron chi connectivity index (χ2n) is 3.45. The van der Waals surface area contributed by atoms with Crippen LogP contribution in [0.15, 0.2) is 0 Å². The summed E-state index contributed by atoms with van der Waals surface area (Å²) in [6, 6.07) is 0.110. The van der Waals surface area contributed by atoms with Crippen LogP contribution in [0, 0.1) is 0 Å². The fraction of sp³-hybridized carbons (Fsp3) is 0.889. The van der Waals surface area contributed by atoms with Gasteiger partial charge in [0.15, 0.2) is 0 Å². The average Bonchev–Trinajstić information content (AvgIpc) is 2.51. The summed E-state index contributed by atoms with van der Waals surface area (Å²) in [7, 11) is 0. The molecule has 0 bridgehead atoms. The maximum absolute atomic E-state index is 10.7. The first-order chi connectivity index (χ1) is 5.74. The van der Waals surface area contributed by atoms with E-state index < -0.39 is 5.97 Å². The molecule has 0 aromatic rings. The topological polar surface area (TPSA) is 49.3 Å². The lowest BCUT2D eigenvalue weighted by atomic mass is 10.1. The molecule has 1 saturated carbocycles. The molecule has 2 N–H and O–H groups in total. The fourth-order valence-corrected chi connectivity index (χ4v) is 1.74. The van der Waals surface area contributed by atoms with E-state index in [1.807, 2.05) is 6.92 Å². The number of carbonyl (C=O) groups is 1. The molecule has 0 spiro atoms. The summed E-state index contributed by atoms with van der Waals surface area (Å²) >= 11 is 0. The number of hydrogen-bond acceptors (Lipinski definition) is 2. The summed E-state index contributed by atoms with van der Waals surface area (Å²) < 4.78 is 0. The van der Waals surface area contributed by atoms with E-state index in [1.165, 1.54) is 12.8 Å². The van der Waals surface area contributed by atoms with Gasteiger partial charge < -0.3 is 10.4 Å². The van der Waals surface area contributed by atoms with Crippen molar-refractivity contribution in [1.29, 1.82) is 0 Å². The molecule has 3 heteroatoms. The normalized spacial score (nSPS) is 21.1. The van der Waals surface area contributed by atoms with Gasteiger partial charge in [-0.3, -0.25) is 4.79 Å². The highest BCUT2D eigenvalue weighted by molar-refractivity contribution is 5.73. The van der Waals surface area contributed by atoms with E-state index in [4.69, 9.17) is 5.11 Å². The molecular weight excluding hydrogens is 154 g/mol. The van der Waals surface area contributed by atoms with E-state index in [1.54, 1.807) is 0 Å². The Hall–Kier alpha value is -0.570. The number of hydrogen-bond donors (Lipinski definition) is 2. The quantitative estimate of drug-likeness (QED) is 0.672. The summed E-state index contributed by atoms with van der Waals surface area (Å²) in [5.41, 5.74) is 0. The lowest BCUT2D eigenvalue weighted by Crippen LogP contribution is -2.41. The first kappa shape index (κ1) is 9.52. The van der Waals surface area contributed by atoms with Crippen LogP contribution in [0.1, 0.15) is 39.0 Å². The summed E-state index contributed by atoms with van der Waals surface area (Å²) in [5, 5.41) is 11.9. The van der Waals surface area contributed by atoms with Crippen molar-refractivity contribution in [2.75, 3.05) is 0 Å². The molecule has 0 radical (unpaired) electrons. The Balaban J connectivity index is 2.30. The molecule has 0 amide bonds. The molecule has 0 aliphatic heterocycles. The first-order valence-electron chi connectivity index (χ1n) is 4.73. The Bertz CT molecular complexity index is 153. The van der Waals surface area contributed by atoms with Crippen LogP contribution in [0.5, 0.6) is 0 Å². The standard InChI is InChI=1S/C9H17NO2/c1-2-8(9(11)12)10-7-5-3-4-6-7/h7-8,10H,2-6H2,1H3,(H,11,12)/t8-/m1/s1. The van der Waals surface area contributed by atoms with Gasteiger partial charge in [0.05, 0.1) is 0 Å². The van der Waals surface area contributed by atoms with Crippen LogP contribution in [0.2, 0.25) is 0 Å². The molecule has 0 heterocycles. The maximum atomic E-state index is 10.7. The van der Waals surface area contributed by atoms with Crippen molar-refractivity contribution in [2.45, 2.75) is 51.1 Å². The van der Waals surface area contributed by atoms with Crippen LogP contribution in [0.3, 0.4) is 0 Å². The van der Waals surface area contributed by atoms with Gasteiger partial charge in [-0.2, -0.15) is 0 Å². The lowest BCUT2D eigenvalue weighted by molar-refractivity contribution is -0.139. The SMILES string of the molecule is CC[C@@H](NC1CCCC1)C(=O)O. The number of aliphatic carboxylic acids is 1. The van der Waals surface area contributed by atoms with E-state index in [0.29, 0.717) is 12.5 Å². The highest BCUT2D eigenvalue weighted by Crippen LogP contribution is 2.18. The van der Waals surface area contributed by atoms with Crippen molar-refractivity contribution in [2.24, 2.45) is 0 Å². The third kappa shape index (κ3) is 2.48. The largest absolute Gasteiger partial charge is 0.480 e. The van der Waals surface area contributed by atoms with Gasteiger partial charge in [-0.1, -0.05) is 19.8 Å². The van der Waals surface area contributed by atoms with Crippen LogP contribution < -0.4 is 5.32 Å².